The minimum Gasteiger partial charge on any atom is -0.303 e. The number of terminal acetylenes is 2. The molecule has 1 nitrogen and oxygen atoms in total. The number of hydrogen-bond acceptors (Lipinski definition) is 0. The van der Waals surface area contributed by atoms with E-state index in [4.69, 9.17) is 12.8 Å². The number of rotatable bonds is 12. The second kappa shape index (κ2) is 12.1. The van der Waals surface area contributed by atoms with Gasteiger partial charge in [-0.1, -0.05) is 39.5 Å². The highest BCUT2D eigenvalue weighted by molar-refractivity contribution is 4.89. The lowest BCUT2D eigenvalue weighted by Gasteiger charge is -2.35. The summed E-state index contributed by atoms with van der Waals surface area (Å²) in [4.78, 5) is 0. The van der Waals surface area contributed by atoms with E-state index >= 15 is 0 Å². The van der Waals surface area contributed by atoms with Crippen molar-refractivity contribution in [2.75, 3.05) is 26.2 Å². The molecule has 0 fully saturated rings. The molecule has 19 heavy (non-hydrogen) atoms. The predicted molar refractivity (Wildman–Crippen MR) is 85.7 cm³/mol. The molecule has 0 rings (SSSR count). The fourth-order valence-corrected chi connectivity index (χ4v) is 2.62. The van der Waals surface area contributed by atoms with E-state index in [2.05, 4.69) is 25.7 Å². The van der Waals surface area contributed by atoms with Crippen LogP contribution in [0.4, 0.5) is 0 Å². The average molecular weight is 262 g/mol. The molecule has 1 heteroatoms. The van der Waals surface area contributed by atoms with Crippen LogP contribution in [-0.4, -0.2) is 30.7 Å². The van der Waals surface area contributed by atoms with Gasteiger partial charge in [0.25, 0.3) is 0 Å². The maximum Gasteiger partial charge on any atom is 0.141 e. The molecule has 0 spiro atoms. The lowest BCUT2D eigenvalue weighted by Crippen LogP contribution is -2.50. The summed E-state index contributed by atoms with van der Waals surface area (Å²) in [5, 5.41) is 0. The molecule has 0 aromatic carbocycles. The maximum absolute atomic E-state index is 5.57. The van der Waals surface area contributed by atoms with Gasteiger partial charge in [0.15, 0.2) is 0 Å². The van der Waals surface area contributed by atoms with Gasteiger partial charge in [0.2, 0.25) is 0 Å². The number of nitrogens with zero attached hydrogens (tertiary/aromatic N) is 1. The maximum atomic E-state index is 5.57. The third-order valence-electron chi connectivity index (χ3n) is 3.83. The number of quaternary nitrogens is 1. The van der Waals surface area contributed by atoms with Crippen LogP contribution < -0.4 is 0 Å². The zero-order valence-corrected chi connectivity index (χ0v) is 13.1. The van der Waals surface area contributed by atoms with Crippen molar-refractivity contribution in [2.24, 2.45) is 0 Å². The first-order chi connectivity index (χ1) is 9.24. The molecule has 0 saturated heterocycles. The van der Waals surface area contributed by atoms with Gasteiger partial charge in [0, 0.05) is 0 Å². The van der Waals surface area contributed by atoms with Gasteiger partial charge in [-0.05, 0) is 37.5 Å². The van der Waals surface area contributed by atoms with Crippen molar-refractivity contribution in [1.82, 2.24) is 0 Å². The summed E-state index contributed by atoms with van der Waals surface area (Å²) in [7, 11) is 0. The topological polar surface area (TPSA) is 0 Å². The van der Waals surface area contributed by atoms with Crippen LogP contribution in [0.3, 0.4) is 0 Å². The highest BCUT2D eigenvalue weighted by atomic mass is 15.3. The van der Waals surface area contributed by atoms with Gasteiger partial charge >= 0.3 is 0 Å². The van der Waals surface area contributed by atoms with Crippen LogP contribution in [0.25, 0.3) is 0 Å². The highest BCUT2D eigenvalue weighted by Crippen LogP contribution is 2.14. The van der Waals surface area contributed by atoms with Crippen LogP contribution in [0.2, 0.25) is 0 Å². The zero-order valence-electron chi connectivity index (χ0n) is 13.1. The normalized spacial score (nSPS) is 10.9. The number of hydrogen-bond donors (Lipinski definition) is 0. The zero-order chi connectivity index (χ0) is 14.4. The third-order valence-corrected chi connectivity index (χ3v) is 3.83. The lowest BCUT2D eigenvalue weighted by atomic mass is 10.1. The first-order valence-corrected chi connectivity index (χ1v) is 7.96. The lowest BCUT2D eigenvalue weighted by molar-refractivity contribution is -0.915. The van der Waals surface area contributed by atoms with Crippen molar-refractivity contribution < 1.29 is 4.48 Å². The van der Waals surface area contributed by atoms with Crippen molar-refractivity contribution in [3.05, 3.63) is 0 Å². The molecule has 0 atom stereocenters. The van der Waals surface area contributed by atoms with Crippen molar-refractivity contribution in [3.8, 4) is 24.7 Å². The van der Waals surface area contributed by atoms with Gasteiger partial charge in [-0.3, -0.25) is 0 Å². The summed E-state index contributed by atoms with van der Waals surface area (Å²) < 4.78 is 0.945. The molecule has 0 aromatic rings. The first-order valence-electron chi connectivity index (χ1n) is 7.96. The van der Waals surface area contributed by atoms with E-state index < -0.39 is 0 Å². The minimum atomic E-state index is 0.794. The number of unbranched alkanes of at least 4 members (excludes halogenated alkanes) is 6. The summed E-state index contributed by atoms with van der Waals surface area (Å²) in [5.41, 5.74) is 0. The van der Waals surface area contributed by atoms with Gasteiger partial charge in [0.05, 0.1) is 13.1 Å². The molecule has 0 amide bonds. The van der Waals surface area contributed by atoms with E-state index in [1.54, 1.807) is 0 Å². The second-order valence-electron chi connectivity index (χ2n) is 5.63. The summed E-state index contributed by atoms with van der Waals surface area (Å²) in [6, 6.07) is 0. The van der Waals surface area contributed by atoms with Crippen LogP contribution in [0.5, 0.6) is 0 Å². The van der Waals surface area contributed by atoms with Crippen molar-refractivity contribution >= 4 is 0 Å². The standard InChI is InChI=1S/C18H32N/c1-5-9-11-13-17-19(15-7-3,16-8-4)18-14-12-10-6-2/h3-4H,5-6,9-18H2,1-2H3/q+1. The van der Waals surface area contributed by atoms with E-state index in [-0.39, 0.29) is 0 Å². The van der Waals surface area contributed by atoms with E-state index in [0.29, 0.717) is 0 Å². The Morgan fingerprint density at radius 2 is 1.11 bits per heavy atom. The monoisotopic (exact) mass is 262 g/mol. The van der Waals surface area contributed by atoms with E-state index in [9.17, 15) is 0 Å². The average Bonchev–Trinajstić information content (AvgIpc) is 2.41. The fraction of sp³-hybridized carbons (Fsp3) is 0.778. The van der Waals surface area contributed by atoms with Crippen LogP contribution in [0, 0.1) is 24.7 Å². The largest absolute Gasteiger partial charge is 0.303 e. The van der Waals surface area contributed by atoms with Crippen molar-refractivity contribution in [3.63, 3.8) is 0 Å². The summed E-state index contributed by atoms with van der Waals surface area (Å²) in [6.45, 7) is 8.39. The Kier molecular flexibility index (Phi) is 11.5. The molecule has 0 aliphatic heterocycles. The summed E-state index contributed by atoms with van der Waals surface area (Å²) in [6.07, 6.45) is 21.5. The molecular formula is C18H32N+. The van der Waals surface area contributed by atoms with Gasteiger partial charge in [-0.2, -0.15) is 0 Å². The molecule has 0 unspecified atom stereocenters. The third kappa shape index (κ3) is 8.74. The van der Waals surface area contributed by atoms with Crippen LogP contribution in [0.1, 0.15) is 65.2 Å². The predicted octanol–water partition coefficient (Wildman–Crippen LogP) is 4.23. The Labute approximate surface area is 121 Å². The van der Waals surface area contributed by atoms with Gasteiger partial charge < -0.3 is 4.48 Å². The van der Waals surface area contributed by atoms with Gasteiger partial charge in [-0.15, -0.1) is 12.8 Å². The Hall–Kier alpha value is -0.920. The van der Waals surface area contributed by atoms with Crippen LogP contribution in [0.15, 0.2) is 0 Å². The smallest absolute Gasteiger partial charge is 0.141 e. The first kappa shape index (κ1) is 18.1. The second-order valence-corrected chi connectivity index (χ2v) is 5.63. The molecule has 0 bridgehead atoms. The molecule has 0 N–H and O–H groups in total. The van der Waals surface area contributed by atoms with E-state index in [0.717, 1.165) is 30.7 Å². The molecule has 0 radical (unpaired) electrons. The quantitative estimate of drug-likeness (QED) is 0.280. The Bertz CT molecular complexity index is 249. The van der Waals surface area contributed by atoms with Crippen molar-refractivity contribution in [1.29, 1.82) is 0 Å². The molecule has 0 aliphatic rings. The van der Waals surface area contributed by atoms with Crippen molar-refractivity contribution in [2.45, 2.75) is 65.2 Å². The SMILES string of the molecule is C#CC[N+](CC#C)(CCCCCC)CCCCCC. The molecule has 108 valence electrons. The highest BCUT2D eigenvalue weighted by Gasteiger charge is 2.24. The van der Waals surface area contributed by atoms with E-state index in [1.807, 2.05) is 0 Å². The Morgan fingerprint density at radius 3 is 1.42 bits per heavy atom. The molecule has 0 aromatic heterocycles. The summed E-state index contributed by atoms with van der Waals surface area (Å²) >= 11 is 0. The molecule has 0 aliphatic carbocycles. The molecule has 0 saturated carbocycles. The van der Waals surface area contributed by atoms with Crippen LogP contribution >= 0.6 is 0 Å². The minimum absolute atomic E-state index is 0.794. The molecule has 0 heterocycles. The van der Waals surface area contributed by atoms with E-state index in [1.165, 1.54) is 51.4 Å². The molecular weight excluding hydrogens is 230 g/mol. The van der Waals surface area contributed by atoms with Crippen LogP contribution in [-0.2, 0) is 0 Å². The Balaban J connectivity index is 4.32. The van der Waals surface area contributed by atoms with Gasteiger partial charge in [-0.25, -0.2) is 0 Å². The Morgan fingerprint density at radius 1 is 0.684 bits per heavy atom. The van der Waals surface area contributed by atoms with Gasteiger partial charge in [0.1, 0.15) is 13.1 Å². The fourth-order valence-electron chi connectivity index (χ4n) is 2.62. The summed E-state index contributed by atoms with van der Waals surface area (Å²) in [5.74, 6) is 5.70.